The smallest absolute Gasteiger partial charge is 0.122 e. The lowest BCUT2D eigenvalue weighted by Crippen LogP contribution is -2.42. The van der Waals surface area contributed by atoms with Gasteiger partial charge in [-0.1, -0.05) is 0 Å². The normalized spacial score (nSPS) is 23.5. The minimum absolute atomic E-state index is 0.0270. The molecule has 0 aliphatic carbocycles. The quantitative estimate of drug-likeness (QED) is 0.889. The molecule has 0 aromatic carbocycles. The Bertz CT molecular complexity index is 383. The minimum atomic E-state index is 0.0270. The summed E-state index contributed by atoms with van der Waals surface area (Å²) < 4.78 is 11.6. The van der Waals surface area contributed by atoms with Crippen molar-refractivity contribution in [1.82, 2.24) is 4.90 Å². The van der Waals surface area contributed by atoms with E-state index in [4.69, 9.17) is 14.9 Å². The van der Waals surface area contributed by atoms with Crippen LogP contribution in [-0.2, 0) is 4.74 Å². The summed E-state index contributed by atoms with van der Waals surface area (Å²) in [6, 6.07) is 4.16. The Balaban J connectivity index is 2.01. The molecule has 2 N–H and O–H groups in total. The van der Waals surface area contributed by atoms with Crippen LogP contribution in [0.25, 0.3) is 0 Å². The standard InChI is InChI=1S/C15H26N2O2/c1-11-7-8-14(19-11)15(12(2)16)17(3)10-13-6-4-5-9-18-13/h7-8,12-13,15H,4-6,9-10,16H2,1-3H3. The molecule has 0 radical (unpaired) electrons. The topological polar surface area (TPSA) is 51.6 Å². The van der Waals surface area contributed by atoms with Gasteiger partial charge in [-0.25, -0.2) is 0 Å². The van der Waals surface area contributed by atoms with E-state index in [1.54, 1.807) is 0 Å². The number of aryl methyl sites for hydroxylation is 1. The number of hydrogen-bond donors (Lipinski definition) is 1. The van der Waals surface area contributed by atoms with Gasteiger partial charge in [0, 0.05) is 19.2 Å². The molecule has 108 valence electrons. The average Bonchev–Trinajstić information content (AvgIpc) is 2.76. The fraction of sp³-hybridized carbons (Fsp3) is 0.733. The number of rotatable bonds is 5. The number of ether oxygens (including phenoxy) is 1. The van der Waals surface area contributed by atoms with Crippen LogP contribution in [0.3, 0.4) is 0 Å². The van der Waals surface area contributed by atoms with E-state index in [1.807, 2.05) is 26.0 Å². The van der Waals surface area contributed by atoms with Crippen LogP contribution in [0, 0.1) is 6.92 Å². The second-order valence-corrected chi connectivity index (χ2v) is 5.68. The summed E-state index contributed by atoms with van der Waals surface area (Å²) in [4.78, 5) is 2.26. The maximum Gasteiger partial charge on any atom is 0.122 e. The predicted octanol–water partition coefficient (Wildman–Crippen LogP) is 2.48. The van der Waals surface area contributed by atoms with Crippen LogP contribution in [0.15, 0.2) is 16.5 Å². The highest BCUT2D eigenvalue weighted by atomic mass is 16.5. The van der Waals surface area contributed by atoms with Crippen LogP contribution in [-0.4, -0.2) is 37.2 Å². The van der Waals surface area contributed by atoms with Crippen LogP contribution < -0.4 is 5.73 Å². The van der Waals surface area contributed by atoms with E-state index in [2.05, 4.69) is 11.9 Å². The van der Waals surface area contributed by atoms with Crippen LogP contribution >= 0.6 is 0 Å². The van der Waals surface area contributed by atoms with Crippen molar-refractivity contribution < 1.29 is 9.15 Å². The summed E-state index contributed by atoms with van der Waals surface area (Å²) in [5.41, 5.74) is 6.14. The van der Waals surface area contributed by atoms with Crippen LogP contribution in [0.4, 0.5) is 0 Å². The molecular weight excluding hydrogens is 240 g/mol. The molecule has 1 aliphatic heterocycles. The molecule has 19 heavy (non-hydrogen) atoms. The maximum atomic E-state index is 6.14. The van der Waals surface area contributed by atoms with E-state index < -0.39 is 0 Å². The highest BCUT2D eigenvalue weighted by Gasteiger charge is 2.27. The van der Waals surface area contributed by atoms with Crippen molar-refractivity contribution in [2.24, 2.45) is 5.73 Å². The van der Waals surface area contributed by atoms with E-state index in [0.717, 1.165) is 31.1 Å². The molecule has 0 amide bonds. The molecule has 1 aliphatic rings. The van der Waals surface area contributed by atoms with Gasteiger partial charge in [0.1, 0.15) is 11.5 Å². The van der Waals surface area contributed by atoms with Crippen molar-refractivity contribution in [3.63, 3.8) is 0 Å². The van der Waals surface area contributed by atoms with Gasteiger partial charge in [-0.05, 0) is 52.3 Å². The second kappa shape index (κ2) is 6.55. The molecule has 2 heterocycles. The van der Waals surface area contributed by atoms with Gasteiger partial charge in [0.15, 0.2) is 0 Å². The van der Waals surface area contributed by atoms with Gasteiger partial charge in [-0.15, -0.1) is 0 Å². The van der Waals surface area contributed by atoms with Gasteiger partial charge >= 0.3 is 0 Å². The van der Waals surface area contributed by atoms with Crippen molar-refractivity contribution in [3.05, 3.63) is 23.7 Å². The molecule has 3 unspecified atom stereocenters. The third kappa shape index (κ3) is 3.81. The Morgan fingerprint density at radius 2 is 2.21 bits per heavy atom. The van der Waals surface area contributed by atoms with Crippen molar-refractivity contribution in [2.75, 3.05) is 20.2 Å². The van der Waals surface area contributed by atoms with Crippen molar-refractivity contribution >= 4 is 0 Å². The van der Waals surface area contributed by atoms with Gasteiger partial charge in [-0.3, -0.25) is 4.90 Å². The summed E-state index contributed by atoms with van der Waals surface area (Å²) in [5, 5.41) is 0. The second-order valence-electron chi connectivity index (χ2n) is 5.68. The first kappa shape index (κ1) is 14.6. The van der Waals surface area contributed by atoms with E-state index in [0.29, 0.717) is 6.10 Å². The van der Waals surface area contributed by atoms with Gasteiger partial charge in [0.25, 0.3) is 0 Å². The monoisotopic (exact) mass is 266 g/mol. The summed E-state index contributed by atoms with van der Waals surface area (Å²) in [5.74, 6) is 1.88. The summed E-state index contributed by atoms with van der Waals surface area (Å²) in [6.45, 7) is 5.79. The Morgan fingerprint density at radius 3 is 2.74 bits per heavy atom. The molecule has 0 bridgehead atoms. The zero-order chi connectivity index (χ0) is 13.8. The van der Waals surface area contributed by atoms with Crippen molar-refractivity contribution in [2.45, 2.75) is 51.3 Å². The molecule has 2 rings (SSSR count). The van der Waals surface area contributed by atoms with Crippen LogP contribution in [0.5, 0.6) is 0 Å². The zero-order valence-electron chi connectivity index (χ0n) is 12.3. The number of likely N-dealkylation sites (N-methyl/N-ethyl adjacent to an activating group) is 1. The molecular formula is C15H26N2O2. The fourth-order valence-electron chi connectivity index (χ4n) is 2.88. The predicted molar refractivity (Wildman–Crippen MR) is 76.1 cm³/mol. The lowest BCUT2D eigenvalue weighted by atomic mass is 10.0. The first-order valence-electron chi connectivity index (χ1n) is 7.21. The average molecular weight is 266 g/mol. The van der Waals surface area contributed by atoms with Gasteiger partial charge in [0.05, 0.1) is 12.1 Å². The van der Waals surface area contributed by atoms with E-state index in [9.17, 15) is 0 Å². The fourth-order valence-corrected chi connectivity index (χ4v) is 2.88. The molecule has 0 saturated carbocycles. The Hall–Kier alpha value is -0.840. The van der Waals surface area contributed by atoms with Crippen molar-refractivity contribution in [1.29, 1.82) is 0 Å². The molecule has 0 spiro atoms. The summed E-state index contributed by atoms with van der Waals surface area (Å²) in [6.07, 6.45) is 3.93. The number of furan rings is 1. The van der Waals surface area contributed by atoms with Crippen LogP contribution in [0.1, 0.15) is 43.7 Å². The minimum Gasteiger partial charge on any atom is -0.465 e. The summed E-state index contributed by atoms with van der Waals surface area (Å²) >= 11 is 0. The number of nitrogens with zero attached hydrogens (tertiary/aromatic N) is 1. The number of nitrogens with two attached hydrogens (primary N) is 1. The molecule has 1 aromatic rings. The highest BCUT2D eigenvalue weighted by molar-refractivity contribution is 5.11. The van der Waals surface area contributed by atoms with Gasteiger partial charge in [0.2, 0.25) is 0 Å². The highest BCUT2D eigenvalue weighted by Crippen LogP contribution is 2.25. The lowest BCUT2D eigenvalue weighted by Gasteiger charge is -2.33. The molecule has 1 fully saturated rings. The van der Waals surface area contributed by atoms with Gasteiger partial charge < -0.3 is 14.9 Å². The van der Waals surface area contributed by atoms with Crippen LogP contribution in [0.2, 0.25) is 0 Å². The van der Waals surface area contributed by atoms with Gasteiger partial charge in [-0.2, -0.15) is 0 Å². The molecule has 4 heteroatoms. The lowest BCUT2D eigenvalue weighted by molar-refractivity contribution is -0.0116. The SMILES string of the molecule is Cc1ccc(C(C(C)N)N(C)CC2CCCCO2)o1. The molecule has 4 nitrogen and oxygen atoms in total. The molecule has 3 atom stereocenters. The zero-order valence-corrected chi connectivity index (χ0v) is 12.3. The summed E-state index contributed by atoms with van der Waals surface area (Å²) in [7, 11) is 2.10. The first-order valence-corrected chi connectivity index (χ1v) is 7.21. The third-order valence-corrected chi connectivity index (χ3v) is 3.79. The third-order valence-electron chi connectivity index (χ3n) is 3.79. The molecule has 1 aromatic heterocycles. The Kier molecular flexibility index (Phi) is 5.02. The first-order chi connectivity index (χ1) is 9.08. The Labute approximate surface area is 115 Å². The maximum absolute atomic E-state index is 6.14. The van der Waals surface area contributed by atoms with E-state index in [1.165, 1.54) is 12.8 Å². The van der Waals surface area contributed by atoms with E-state index >= 15 is 0 Å². The number of hydrogen-bond acceptors (Lipinski definition) is 4. The largest absolute Gasteiger partial charge is 0.465 e. The Morgan fingerprint density at radius 1 is 1.42 bits per heavy atom. The van der Waals surface area contributed by atoms with Crippen molar-refractivity contribution in [3.8, 4) is 0 Å². The van der Waals surface area contributed by atoms with E-state index in [-0.39, 0.29) is 12.1 Å². The molecule has 1 saturated heterocycles.